The number of rotatable bonds is 2. The molecule has 0 amide bonds. The third kappa shape index (κ3) is 7.34. The molecule has 0 bridgehead atoms. The Labute approximate surface area is 80.6 Å². The molecule has 0 aliphatic heterocycles. The second kappa shape index (κ2) is 7.62. The molecule has 0 radical (unpaired) electrons. The van der Waals surface area contributed by atoms with Crippen LogP contribution in [0.2, 0.25) is 0 Å². The molecule has 2 N–H and O–H groups in total. The SMILES string of the molecule is CCC(C)NC.Oc1ccccc1. The lowest BCUT2D eigenvalue weighted by atomic mass is 10.3. The first-order valence-electron chi connectivity index (χ1n) is 4.62. The highest BCUT2D eigenvalue weighted by atomic mass is 16.3. The van der Waals surface area contributed by atoms with Crippen LogP contribution in [0.5, 0.6) is 5.75 Å². The average Bonchev–Trinajstić information content (AvgIpc) is 2.19. The summed E-state index contributed by atoms with van der Waals surface area (Å²) in [6.45, 7) is 4.33. The van der Waals surface area contributed by atoms with E-state index in [2.05, 4.69) is 19.2 Å². The maximum Gasteiger partial charge on any atom is 0.115 e. The normalized spacial score (nSPS) is 11.3. The van der Waals surface area contributed by atoms with Crippen LogP contribution >= 0.6 is 0 Å². The molecule has 0 fully saturated rings. The topological polar surface area (TPSA) is 32.3 Å². The van der Waals surface area contributed by atoms with Gasteiger partial charge in [-0.15, -0.1) is 0 Å². The van der Waals surface area contributed by atoms with E-state index < -0.39 is 0 Å². The highest BCUT2D eigenvalue weighted by molar-refractivity contribution is 5.18. The van der Waals surface area contributed by atoms with Crippen molar-refractivity contribution in [2.24, 2.45) is 0 Å². The van der Waals surface area contributed by atoms with Crippen LogP contribution in [0.25, 0.3) is 0 Å². The summed E-state index contributed by atoms with van der Waals surface area (Å²) in [6, 6.07) is 9.40. The van der Waals surface area contributed by atoms with Crippen LogP contribution in [0, 0.1) is 0 Å². The van der Waals surface area contributed by atoms with Crippen molar-refractivity contribution in [2.45, 2.75) is 26.3 Å². The number of phenols is 1. The Bertz CT molecular complexity index is 195. The van der Waals surface area contributed by atoms with E-state index >= 15 is 0 Å². The summed E-state index contributed by atoms with van der Waals surface area (Å²) >= 11 is 0. The fourth-order valence-electron chi connectivity index (χ4n) is 0.632. The summed E-state index contributed by atoms with van der Waals surface area (Å²) in [5.74, 6) is 0.322. The molecule has 0 heterocycles. The smallest absolute Gasteiger partial charge is 0.115 e. The van der Waals surface area contributed by atoms with Gasteiger partial charge in [-0.05, 0) is 32.5 Å². The van der Waals surface area contributed by atoms with Gasteiger partial charge in [-0.25, -0.2) is 0 Å². The van der Waals surface area contributed by atoms with Gasteiger partial charge in [0.25, 0.3) is 0 Å². The number of benzene rings is 1. The summed E-state index contributed by atoms with van der Waals surface area (Å²) in [4.78, 5) is 0. The van der Waals surface area contributed by atoms with E-state index in [4.69, 9.17) is 5.11 Å². The molecule has 0 aliphatic rings. The Morgan fingerprint density at radius 3 is 2.00 bits per heavy atom. The minimum absolute atomic E-state index is 0.322. The van der Waals surface area contributed by atoms with Gasteiger partial charge in [0.15, 0.2) is 0 Å². The molecule has 1 aromatic carbocycles. The van der Waals surface area contributed by atoms with Crippen LogP contribution in [0.3, 0.4) is 0 Å². The Hall–Kier alpha value is -1.02. The maximum atomic E-state index is 8.63. The fraction of sp³-hybridized carbons (Fsp3) is 0.455. The van der Waals surface area contributed by atoms with Crippen LogP contribution in [-0.4, -0.2) is 18.2 Å². The first-order chi connectivity index (χ1) is 6.20. The monoisotopic (exact) mass is 181 g/mol. The Kier molecular flexibility index (Phi) is 7.02. The van der Waals surface area contributed by atoms with Crippen molar-refractivity contribution in [3.05, 3.63) is 30.3 Å². The van der Waals surface area contributed by atoms with E-state index in [0.29, 0.717) is 11.8 Å². The predicted octanol–water partition coefficient (Wildman–Crippen LogP) is 2.40. The lowest BCUT2D eigenvalue weighted by Gasteiger charge is -2.02. The zero-order valence-corrected chi connectivity index (χ0v) is 8.62. The summed E-state index contributed by atoms with van der Waals surface area (Å²) in [5, 5.41) is 11.7. The van der Waals surface area contributed by atoms with Gasteiger partial charge < -0.3 is 10.4 Å². The minimum Gasteiger partial charge on any atom is -0.508 e. The number of nitrogens with one attached hydrogen (secondary N) is 1. The molecule has 13 heavy (non-hydrogen) atoms. The summed E-state index contributed by atoms with van der Waals surface area (Å²) in [6.07, 6.45) is 1.22. The van der Waals surface area contributed by atoms with Crippen molar-refractivity contribution in [3.8, 4) is 5.75 Å². The van der Waals surface area contributed by atoms with Crippen LogP contribution in [0.15, 0.2) is 30.3 Å². The van der Waals surface area contributed by atoms with Crippen LogP contribution < -0.4 is 5.32 Å². The van der Waals surface area contributed by atoms with Gasteiger partial charge in [0, 0.05) is 6.04 Å². The summed E-state index contributed by atoms with van der Waals surface area (Å²) in [7, 11) is 1.98. The predicted molar refractivity (Wildman–Crippen MR) is 56.9 cm³/mol. The minimum atomic E-state index is 0.322. The number of hydrogen-bond acceptors (Lipinski definition) is 2. The molecule has 0 aromatic heterocycles. The Balaban J connectivity index is 0.000000226. The first-order valence-corrected chi connectivity index (χ1v) is 4.62. The maximum absolute atomic E-state index is 8.63. The van der Waals surface area contributed by atoms with Gasteiger partial charge in [0.1, 0.15) is 5.75 Å². The molecule has 2 heteroatoms. The third-order valence-electron chi connectivity index (χ3n) is 1.86. The average molecular weight is 181 g/mol. The second-order valence-corrected chi connectivity index (χ2v) is 2.93. The van der Waals surface area contributed by atoms with E-state index in [-0.39, 0.29) is 0 Å². The molecular weight excluding hydrogens is 162 g/mol. The summed E-state index contributed by atoms with van der Waals surface area (Å²) < 4.78 is 0. The molecule has 0 aliphatic carbocycles. The van der Waals surface area contributed by atoms with Crippen LogP contribution in [-0.2, 0) is 0 Å². The van der Waals surface area contributed by atoms with Crippen molar-refractivity contribution >= 4 is 0 Å². The van der Waals surface area contributed by atoms with Crippen LogP contribution in [0.4, 0.5) is 0 Å². The number of para-hydroxylation sites is 1. The second-order valence-electron chi connectivity index (χ2n) is 2.93. The van der Waals surface area contributed by atoms with Gasteiger partial charge in [-0.1, -0.05) is 25.1 Å². The first kappa shape index (κ1) is 12.0. The highest BCUT2D eigenvalue weighted by Gasteiger charge is 1.86. The van der Waals surface area contributed by atoms with Gasteiger partial charge in [-0.3, -0.25) is 0 Å². The quantitative estimate of drug-likeness (QED) is 0.734. The van der Waals surface area contributed by atoms with E-state index in [1.165, 1.54) is 6.42 Å². The van der Waals surface area contributed by atoms with Crippen molar-refractivity contribution < 1.29 is 5.11 Å². The molecule has 74 valence electrons. The lowest BCUT2D eigenvalue weighted by molar-refractivity contribution is 0.475. The van der Waals surface area contributed by atoms with E-state index in [1.807, 2.05) is 13.1 Å². The third-order valence-corrected chi connectivity index (χ3v) is 1.86. The lowest BCUT2D eigenvalue weighted by Crippen LogP contribution is -2.19. The van der Waals surface area contributed by atoms with Gasteiger partial charge in [0.2, 0.25) is 0 Å². The molecule has 1 rings (SSSR count). The number of aromatic hydroxyl groups is 1. The number of hydrogen-bond donors (Lipinski definition) is 2. The van der Waals surface area contributed by atoms with Crippen molar-refractivity contribution in [1.82, 2.24) is 5.32 Å². The van der Waals surface area contributed by atoms with Gasteiger partial charge in [-0.2, -0.15) is 0 Å². The molecule has 0 saturated carbocycles. The van der Waals surface area contributed by atoms with Crippen LogP contribution in [0.1, 0.15) is 20.3 Å². The van der Waals surface area contributed by atoms with Crippen molar-refractivity contribution in [2.75, 3.05) is 7.05 Å². The molecule has 0 spiro atoms. The molecular formula is C11H19NO. The van der Waals surface area contributed by atoms with Crippen molar-refractivity contribution in [1.29, 1.82) is 0 Å². The number of phenolic OH excluding ortho intramolecular Hbond substituents is 1. The largest absolute Gasteiger partial charge is 0.508 e. The molecule has 2 nitrogen and oxygen atoms in total. The Morgan fingerprint density at radius 1 is 1.31 bits per heavy atom. The van der Waals surface area contributed by atoms with E-state index in [9.17, 15) is 0 Å². The molecule has 1 unspecified atom stereocenters. The van der Waals surface area contributed by atoms with Crippen molar-refractivity contribution in [3.63, 3.8) is 0 Å². The van der Waals surface area contributed by atoms with Gasteiger partial charge >= 0.3 is 0 Å². The Morgan fingerprint density at radius 2 is 1.85 bits per heavy atom. The highest BCUT2D eigenvalue weighted by Crippen LogP contribution is 2.02. The zero-order chi connectivity index (χ0) is 10.1. The standard InChI is InChI=1S/C6H6O.C5H13N/c7-6-4-2-1-3-5-6;1-4-5(2)6-3/h1-5,7H;5-6H,4H2,1-3H3. The summed E-state index contributed by atoms with van der Waals surface area (Å²) in [5.41, 5.74) is 0. The van der Waals surface area contributed by atoms with E-state index in [0.717, 1.165) is 0 Å². The molecule has 1 atom stereocenters. The van der Waals surface area contributed by atoms with Gasteiger partial charge in [0.05, 0.1) is 0 Å². The zero-order valence-electron chi connectivity index (χ0n) is 8.62. The van der Waals surface area contributed by atoms with E-state index in [1.54, 1.807) is 24.3 Å². The fourth-order valence-corrected chi connectivity index (χ4v) is 0.632. The molecule has 1 aromatic rings. The molecule has 0 saturated heterocycles.